The summed E-state index contributed by atoms with van der Waals surface area (Å²) < 4.78 is 0. The van der Waals surface area contributed by atoms with Crippen molar-refractivity contribution in [2.45, 2.75) is 19.9 Å². The second-order valence-corrected chi connectivity index (χ2v) is 4.87. The molecule has 2 heterocycles. The number of pyridine rings is 1. The van der Waals surface area contributed by atoms with Crippen LogP contribution >= 0.6 is 11.3 Å². The molecular weight excluding hydrogens is 248 g/mol. The van der Waals surface area contributed by atoms with Gasteiger partial charge in [0.05, 0.1) is 23.5 Å². The summed E-state index contributed by atoms with van der Waals surface area (Å²) in [7, 11) is 0. The first-order chi connectivity index (χ1) is 8.58. The van der Waals surface area contributed by atoms with E-state index in [1.165, 1.54) is 17.5 Å². The highest BCUT2D eigenvalue weighted by molar-refractivity contribution is 7.09. The number of carbonyl (C=O) groups is 1. The Bertz CT molecular complexity index is 567. The maximum atomic E-state index is 12.0. The lowest BCUT2D eigenvalue weighted by atomic mass is 10.2. The van der Waals surface area contributed by atoms with E-state index in [4.69, 9.17) is 5.73 Å². The van der Waals surface area contributed by atoms with Crippen molar-refractivity contribution in [1.29, 1.82) is 0 Å². The molecule has 1 amide bonds. The maximum absolute atomic E-state index is 12.0. The van der Waals surface area contributed by atoms with Crippen LogP contribution in [0.1, 0.15) is 34.0 Å². The van der Waals surface area contributed by atoms with Crippen LogP contribution in [0.3, 0.4) is 0 Å². The fourth-order valence-electron chi connectivity index (χ4n) is 1.52. The average molecular weight is 262 g/mol. The van der Waals surface area contributed by atoms with Crippen molar-refractivity contribution in [2.24, 2.45) is 0 Å². The Kier molecular flexibility index (Phi) is 3.57. The third-order valence-electron chi connectivity index (χ3n) is 2.45. The molecule has 0 aliphatic carbocycles. The Hall–Kier alpha value is -1.95. The van der Waals surface area contributed by atoms with E-state index in [1.54, 1.807) is 12.3 Å². The Morgan fingerprint density at radius 3 is 2.94 bits per heavy atom. The van der Waals surface area contributed by atoms with E-state index in [9.17, 15) is 4.79 Å². The number of rotatable bonds is 3. The molecule has 2 rings (SSSR count). The summed E-state index contributed by atoms with van der Waals surface area (Å²) >= 11 is 1.53. The van der Waals surface area contributed by atoms with Gasteiger partial charge in [0, 0.05) is 17.3 Å². The molecule has 94 valence electrons. The molecule has 2 aromatic rings. The molecule has 0 aliphatic rings. The number of nitrogens with two attached hydrogens (primary N) is 1. The fraction of sp³-hybridized carbons (Fsp3) is 0.250. The molecule has 0 bridgehead atoms. The summed E-state index contributed by atoms with van der Waals surface area (Å²) in [5.74, 6) is -0.213. The molecule has 0 aliphatic heterocycles. The average Bonchev–Trinajstić information content (AvgIpc) is 2.76. The van der Waals surface area contributed by atoms with Crippen molar-refractivity contribution >= 4 is 22.9 Å². The van der Waals surface area contributed by atoms with E-state index in [2.05, 4.69) is 15.3 Å². The zero-order valence-corrected chi connectivity index (χ0v) is 11.0. The predicted molar refractivity (Wildman–Crippen MR) is 71.4 cm³/mol. The van der Waals surface area contributed by atoms with Crippen LogP contribution in [0.15, 0.2) is 23.8 Å². The Balaban J connectivity index is 2.10. The first-order valence-electron chi connectivity index (χ1n) is 5.50. The molecule has 2 aromatic heterocycles. The highest BCUT2D eigenvalue weighted by Crippen LogP contribution is 2.18. The minimum Gasteiger partial charge on any atom is -0.397 e. The van der Waals surface area contributed by atoms with Crippen molar-refractivity contribution in [3.8, 4) is 0 Å². The zero-order valence-electron chi connectivity index (χ0n) is 10.2. The number of nitrogen functional groups attached to an aromatic ring is 1. The molecular formula is C12H14N4OS. The molecule has 0 saturated heterocycles. The fourth-order valence-corrected chi connectivity index (χ4v) is 2.32. The molecule has 1 atom stereocenters. The minimum atomic E-state index is -0.213. The van der Waals surface area contributed by atoms with Gasteiger partial charge >= 0.3 is 0 Å². The second kappa shape index (κ2) is 5.14. The van der Waals surface area contributed by atoms with Gasteiger partial charge in [0.1, 0.15) is 5.01 Å². The summed E-state index contributed by atoms with van der Waals surface area (Å²) in [6.07, 6.45) is 3.01. The van der Waals surface area contributed by atoms with Gasteiger partial charge in [-0.25, -0.2) is 4.98 Å². The zero-order chi connectivity index (χ0) is 13.1. The van der Waals surface area contributed by atoms with Gasteiger partial charge in [-0.05, 0) is 19.9 Å². The molecule has 0 fully saturated rings. The van der Waals surface area contributed by atoms with Crippen molar-refractivity contribution < 1.29 is 4.79 Å². The second-order valence-electron chi connectivity index (χ2n) is 3.99. The number of amides is 1. The van der Waals surface area contributed by atoms with E-state index in [1.807, 2.05) is 19.2 Å². The molecule has 3 N–H and O–H groups in total. The summed E-state index contributed by atoms with van der Waals surface area (Å²) in [6.45, 7) is 3.82. The van der Waals surface area contributed by atoms with Crippen LogP contribution in [0, 0.1) is 6.92 Å². The van der Waals surface area contributed by atoms with Gasteiger partial charge in [0.2, 0.25) is 0 Å². The number of thiazole rings is 1. The molecule has 0 aromatic carbocycles. The number of anilines is 1. The molecule has 0 radical (unpaired) electrons. The molecule has 18 heavy (non-hydrogen) atoms. The number of hydrogen-bond acceptors (Lipinski definition) is 5. The van der Waals surface area contributed by atoms with Crippen LogP contribution in [0.4, 0.5) is 5.69 Å². The van der Waals surface area contributed by atoms with Crippen LogP contribution in [-0.4, -0.2) is 15.9 Å². The van der Waals surface area contributed by atoms with Gasteiger partial charge in [-0.15, -0.1) is 11.3 Å². The van der Waals surface area contributed by atoms with Crippen molar-refractivity contribution in [3.05, 3.63) is 40.1 Å². The van der Waals surface area contributed by atoms with Crippen LogP contribution in [-0.2, 0) is 0 Å². The van der Waals surface area contributed by atoms with Crippen molar-refractivity contribution in [3.63, 3.8) is 0 Å². The van der Waals surface area contributed by atoms with Crippen molar-refractivity contribution in [2.75, 3.05) is 5.73 Å². The van der Waals surface area contributed by atoms with Gasteiger partial charge in [0.25, 0.3) is 5.91 Å². The SMILES string of the molecule is Cc1csc(C(C)NC(=O)c2ccncc2N)n1. The van der Waals surface area contributed by atoms with Crippen LogP contribution < -0.4 is 11.1 Å². The number of aromatic nitrogens is 2. The van der Waals surface area contributed by atoms with Gasteiger partial charge in [-0.1, -0.05) is 0 Å². The quantitative estimate of drug-likeness (QED) is 0.885. The number of hydrogen-bond donors (Lipinski definition) is 2. The number of aryl methyl sites for hydroxylation is 1. The lowest BCUT2D eigenvalue weighted by Crippen LogP contribution is -2.27. The smallest absolute Gasteiger partial charge is 0.254 e. The Morgan fingerprint density at radius 1 is 1.56 bits per heavy atom. The molecule has 0 spiro atoms. The summed E-state index contributed by atoms with van der Waals surface area (Å²) in [5, 5.41) is 5.71. The lowest BCUT2D eigenvalue weighted by molar-refractivity contribution is 0.0940. The standard InChI is InChI=1S/C12H14N4OS/c1-7-6-18-12(15-7)8(2)16-11(17)9-3-4-14-5-10(9)13/h3-6,8H,13H2,1-2H3,(H,16,17). The number of carbonyl (C=O) groups excluding carboxylic acids is 1. The highest BCUT2D eigenvalue weighted by Gasteiger charge is 2.15. The van der Waals surface area contributed by atoms with E-state index in [0.717, 1.165) is 10.7 Å². The van der Waals surface area contributed by atoms with E-state index in [0.29, 0.717) is 11.3 Å². The Labute approximate surface area is 109 Å². The van der Waals surface area contributed by atoms with Gasteiger partial charge < -0.3 is 11.1 Å². The summed E-state index contributed by atoms with van der Waals surface area (Å²) in [6, 6.07) is 1.47. The third-order valence-corrected chi connectivity index (χ3v) is 3.60. The molecule has 0 saturated carbocycles. The molecule has 5 nitrogen and oxygen atoms in total. The van der Waals surface area contributed by atoms with Crippen LogP contribution in [0.25, 0.3) is 0 Å². The van der Waals surface area contributed by atoms with Gasteiger partial charge in [-0.3, -0.25) is 9.78 Å². The lowest BCUT2D eigenvalue weighted by Gasteiger charge is -2.12. The van der Waals surface area contributed by atoms with Gasteiger partial charge in [0.15, 0.2) is 0 Å². The summed E-state index contributed by atoms with van der Waals surface area (Å²) in [5.41, 5.74) is 7.47. The number of nitrogens with one attached hydrogen (secondary N) is 1. The first kappa shape index (κ1) is 12.5. The van der Waals surface area contributed by atoms with Crippen LogP contribution in [0.5, 0.6) is 0 Å². The normalized spacial score (nSPS) is 12.1. The maximum Gasteiger partial charge on any atom is 0.254 e. The molecule has 6 heteroatoms. The monoisotopic (exact) mass is 262 g/mol. The highest BCUT2D eigenvalue weighted by atomic mass is 32.1. The van der Waals surface area contributed by atoms with Crippen LogP contribution in [0.2, 0.25) is 0 Å². The molecule has 1 unspecified atom stereocenters. The minimum absolute atomic E-state index is 0.135. The topological polar surface area (TPSA) is 80.9 Å². The number of nitrogens with zero attached hydrogens (tertiary/aromatic N) is 2. The largest absolute Gasteiger partial charge is 0.397 e. The van der Waals surface area contributed by atoms with Gasteiger partial charge in [-0.2, -0.15) is 0 Å². The summed E-state index contributed by atoms with van der Waals surface area (Å²) in [4.78, 5) is 20.2. The van der Waals surface area contributed by atoms with E-state index in [-0.39, 0.29) is 11.9 Å². The van der Waals surface area contributed by atoms with Crippen molar-refractivity contribution in [1.82, 2.24) is 15.3 Å². The Morgan fingerprint density at radius 2 is 2.33 bits per heavy atom. The first-order valence-corrected chi connectivity index (χ1v) is 6.38. The third kappa shape index (κ3) is 2.65. The van der Waals surface area contributed by atoms with E-state index >= 15 is 0 Å². The predicted octanol–water partition coefficient (Wildman–Crippen LogP) is 1.92. The van der Waals surface area contributed by atoms with E-state index < -0.39 is 0 Å².